The highest BCUT2D eigenvalue weighted by Crippen LogP contribution is 2.30. The lowest BCUT2D eigenvalue weighted by atomic mass is 9.77. The largest absolute Gasteiger partial charge is 0.385 e. The normalized spacial score (nSPS) is 24.2. The number of methoxy groups -OCH3 is 1. The maximum absolute atomic E-state index is 12.4. The first-order valence-corrected chi connectivity index (χ1v) is 8.28. The number of carbonyl (C=O) groups excluding carboxylic acids is 1. The highest BCUT2D eigenvalue weighted by atomic mass is 16.5. The molecule has 2 fully saturated rings. The summed E-state index contributed by atoms with van der Waals surface area (Å²) < 4.78 is 5.12. The van der Waals surface area contributed by atoms with Gasteiger partial charge >= 0.3 is 0 Å². The first-order valence-electron chi connectivity index (χ1n) is 8.28. The standard InChI is InChI=1S/C17H25N3O2/c1-22-10-8-12-5-6-15(12)20-17(21)16-11-14(7-9-18-16)19-13-3-2-4-13/h7,9,11-13,15H,2-6,8,10H2,1H3,(H,18,19)(H,20,21). The lowest BCUT2D eigenvalue weighted by molar-refractivity contribution is 0.0824. The van der Waals surface area contributed by atoms with Crippen LogP contribution < -0.4 is 10.6 Å². The summed E-state index contributed by atoms with van der Waals surface area (Å²) in [6.07, 6.45) is 8.67. The summed E-state index contributed by atoms with van der Waals surface area (Å²) in [5, 5.41) is 6.57. The molecule has 2 unspecified atom stereocenters. The lowest BCUT2D eigenvalue weighted by Crippen LogP contribution is -2.47. The van der Waals surface area contributed by atoms with Crippen LogP contribution in [0.15, 0.2) is 18.3 Å². The fourth-order valence-corrected chi connectivity index (χ4v) is 3.05. The van der Waals surface area contributed by atoms with Crippen LogP contribution in [0.4, 0.5) is 5.69 Å². The minimum absolute atomic E-state index is 0.0654. The van der Waals surface area contributed by atoms with E-state index < -0.39 is 0 Å². The van der Waals surface area contributed by atoms with E-state index in [2.05, 4.69) is 15.6 Å². The van der Waals surface area contributed by atoms with Gasteiger partial charge in [0.15, 0.2) is 0 Å². The van der Waals surface area contributed by atoms with E-state index in [1.807, 2.05) is 12.1 Å². The zero-order valence-corrected chi connectivity index (χ0v) is 13.2. The molecule has 2 aliphatic carbocycles. The fraction of sp³-hybridized carbons (Fsp3) is 0.647. The smallest absolute Gasteiger partial charge is 0.270 e. The predicted molar refractivity (Wildman–Crippen MR) is 86.0 cm³/mol. The van der Waals surface area contributed by atoms with Crippen molar-refractivity contribution in [3.8, 4) is 0 Å². The molecular weight excluding hydrogens is 278 g/mol. The van der Waals surface area contributed by atoms with Crippen molar-refractivity contribution in [2.45, 2.75) is 50.6 Å². The van der Waals surface area contributed by atoms with Crippen LogP contribution >= 0.6 is 0 Å². The summed E-state index contributed by atoms with van der Waals surface area (Å²) in [6, 6.07) is 4.62. The molecular formula is C17H25N3O2. The number of aromatic nitrogens is 1. The number of amides is 1. The monoisotopic (exact) mass is 303 g/mol. The summed E-state index contributed by atoms with van der Waals surface area (Å²) in [6.45, 7) is 0.760. The molecule has 2 atom stereocenters. The molecule has 0 spiro atoms. The zero-order chi connectivity index (χ0) is 15.4. The Bertz CT molecular complexity index is 516. The molecule has 0 radical (unpaired) electrons. The molecule has 2 N–H and O–H groups in total. The Morgan fingerprint density at radius 2 is 2.23 bits per heavy atom. The maximum atomic E-state index is 12.4. The van der Waals surface area contributed by atoms with Crippen molar-refractivity contribution in [3.05, 3.63) is 24.0 Å². The number of ether oxygens (including phenoxy) is 1. The molecule has 5 heteroatoms. The van der Waals surface area contributed by atoms with E-state index in [1.165, 1.54) is 25.7 Å². The fourth-order valence-electron chi connectivity index (χ4n) is 3.05. The average Bonchev–Trinajstić information content (AvgIpc) is 2.48. The number of nitrogens with one attached hydrogen (secondary N) is 2. The van der Waals surface area contributed by atoms with Crippen LogP contribution in [0.5, 0.6) is 0 Å². The van der Waals surface area contributed by atoms with Gasteiger partial charge < -0.3 is 15.4 Å². The topological polar surface area (TPSA) is 63.2 Å². The third-order valence-electron chi connectivity index (χ3n) is 4.90. The Balaban J connectivity index is 1.54. The highest BCUT2D eigenvalue weighted by Gasteiger charge is 2.32. The minimum atomic E-state index is -0.0654. The Morgan fingerprint density at radius 1 is 1.36 bits per heavy atom. The van der Waals surface area contributed by atoms with Crippen molar-refractivity contribution in [2.24, 2.45) is 5.92 Å². The number of nitrogens with zero attached hydrogens (tertiary/aromatic N) is 1. The summed E-state index contributed by atoms with van der Waals surface area (Å²) in [7, 11) is 1.72. The molecule has 0 saturated heterocycles. The number of rotatable bonds is 7. The quantitative estimate of drug-likeness (QED) is 0.812. The van der Waals surface area contributed by atoms with Gasteiger partial charge in [-0.2, -0.15) is 0 Å². The van der Waals surface area contributed by atoms with E-state index in [-0.39, 0.29) is 11.9 Å². The van der Waals surface area contributed by atoms with Crippen LogP contribution in [0.25, 0.3) is 0 Å². The number of hydrogen-bond acceptors (Lipinski definition) is 4. The molecule has 1 aromatic heterocycles. The van der Waals surface area contributed by atoms with Crippen molar-refractivity contribution in [1.82, 2.24) is 10.3 Å². The minimum Gasteiger partial charge on any atom is -0.385 e. The molecule has 2 aliphatic rings. The van der Waals surface area contributed by atoms with Gasteiger partial charge in [-0.25, -0.2) is 0 Å². The molecule has 0 aromatic carbocycles. The van der Waals surface area contributed by atoms with E-state index in [0.29, 0.717) is 17.7 Å². The van der Waals surface area contributed by atoms with Crippen molar-refractivity contribution < 1.29 is 9.53 Å². The van der Waals surface area contributed by atoms with Gasteiger partial charge in [-0.15, -0.1) is 0 Å². The molecule has 5 nitrogen and oxygen atoms in total. The molecule has 3 rings (SSSR count). The Labute approximate surface area is 131 Å². The second kappa shape index (κ2) is 7.09. The van der Waals surface area contributed by atoms with Gasteiger partial charge in [-0.1, -0.05) is 0 Å². The van der Waals surface area contributed by atoms with Gasteiger partial charge in [0.05, 0.1) is 0 Å². The van der Waals surface area contributed by atoms with Gasteiger partial charge in [0.2, 0.25) is 0 Å². The van der Waals surface area contributed by atoms with E-state index >= 15 is 0 Å². The van der Waals surface area contributed by atoms with Crippen LogP contribution in [0.3, 0.4) is 0 Å². The summed E-state index contributed by atoms with van der Waals surface area (Å²) in [5.41, 5.74) is 1.50. The molecule has 120 valence electrons. The molecule has 0 bridgehead atoms. The second-order valence-electron chi connectivity index (χ2n) is 6.40. The van der Waals surface area contributed by atoms with Crippen LogP contribution in [-0.4, -0.2) is 36.7 Å². The van der Waals surface area contributed by atoms with Gasteiger partial charge in [0.1, 0.15) is 5.69 Å². The molecule has 1 amide bonds. The highest BCUT2D eigenvalue weighted by molar-refractivity contribution is 5.93. The summed E-state index contributed by atoms with van der Waals surface area (Å²) in [4.78, 5) is 16.6. The lowest BCUT2D eigenvalue weighted by Gasteiger charge is -2.37. The van der Waals surface area contributed by atoms with Crippen LogP contribution in [0.2, 0.25) is 0 Å². The van der Waals surface area contributed by atoms with Gasteiger partial charge in [-0.05, 0) is 56.6 Å². The average molecular weight is 303 g/mol. The van der Waals surface area contributed by atoms with Crippen molar-refractivity contribution in [3.63, 3.8) is 0 Å². The third-order valence-corrected chi connectivity index (χ3v) is 4.90. The Hall–Kier alpha value is -1.62. The van der Waals surface area contributed by atoms with Gasteiger partial charge in [-0.3, -0.25) is 9.78 Å². The zero-order valence-electron chi connectivity index (χ0n) is 13.2. The van der Waals surface area contributed by atoms with Crippen LogP contribution in [0.1, 0.15) is 49.0 Å². The second-order valence-corrected chi connectivity index (χ2v) is 6.40. The van der Waals surface area contributed by atoms with Crippen molar-refractivity contribution >= 4 is 11.6 Å². The first-order chi connectivity index (χ1) is 10.8. The van der Waals surface area contributed by atoms with Crippen LogP contribution in [-0.2, 0) is 4.74 Å². The SMILES string of the molecule is COCCC1CCC1NC(=O)c1cc(NC2CCC2)ccn1. The maximum Gasteiger partial charge on any atom is 0.270 e. The third kappa shape index (κ3) is 3.58. The molecule has 0 aliphatic heterocycles. The Kier molecular flexibility index (Phi) is 4.93. The molecule has 1 aromatic rings. The number of pyridine rings is 1. The van der Waals surface area contributed by atoms with E-state index in [0.717, 1.165) is 25.1 Å². The molecule has 1 heterocycles. The number of anilines is 1. The first kappa shape index (κ1) is 15.3. The van der Waals surface area contributed by atoms with Crippen molar-refractivity contribution in [2.75, 3.05) is 19.0 Å². The summed E-state index contributed by atoms with van der Waals surface area (Å²) in [5.74, 6) is 0.476. The van der Waals surface area contributed by atoms with E-state index in [4.69, 9.17) is 4.74 Å². The number of carbonyl (C=O) groups is 1. The van der Waals surface area contributed by atoms with Crippen LogP contribution in [0, 0.1) is 5.92 Å². The predicted octanol–water partition coefficient (Wildman–Crippen LogP) is 2.59. The molecule has 2 saturated carbocycles. The van der Waals surface area contributed by atoms with E-state index in [9.17, 15) is 4.79 Å². The van der Waals surface area contributed by atoms with Gasteiger partial charge in [0, 0.05) is 37.7 Å². The summed E-state index contributed by atoms with van der Waals surface area (Å²) >= 11 is 0. The van der Waals surface area contributed by atoms with Gasteiger partial charge in [0.25, 0.3) is 5.91 Å². The van der Waals surface area contributed by atoms with Crippen molar-refractivity contribution in [1.29, 1.82) is 0 Å². The molecule has 22 heavy (non-hydrogen) atoms. The Morgan fingerprint density at radius 3 is 2.86 bits per heavy atom. The van der Waals surface area contributed by atoms with E-state index in [1.54, 1.807) is 13.3 Å². The number of hydrogen-bond donors (Lipinski definition) is 2.